The quantitative estimate of drug-likeness (QED) is 0.758. The van der Waals surface area contributed by atoms with Crippen LogP contribution in [0.4, 0.5) is 0 Å². The standard InChI is InChI=1S/C15H25N2O4/c1-10(6-7-12(18)19)13(20)16-11-8-14(2,3)17(21)15(4,5)9-11/h11H,1,6-9H2,2-5H3,(H,16,20)(H,18,19). The summed E-state index contributed by atoms with van der Waals surface area (Å²) in [7, 11) is 0. The van der Waals surface area contributed by atoms with Gasteiger partial charge in [0.2, 0.25) is 5.91 Å². The zero-order valence-electron chi connectivity index (χ0n) is 13.2. The predicted molar refractivity (Wildman–Crippen MR) is 77.9 cm³/mol. The molecule has 0 saturated carbocycles. The van der Waals surface area contributed by atoms with Crippen LogP contribution in [0.3, 0.4) is 0 Å². The van der Waals surface area contributed by atoms with Gasteiger partial charge in [-0.25, -0.2) is 0 Å². The van der Waals surface area contributed by atoms with Gasteiger partial charge in [0.25, 0.3) is 0 Å². The molecule has 6 nitrogen and oxygen atoms in total. The van der Waals surface area contributed by atoms with Crippen LogP contribution in [0.1, 0.15) is 53.4 Å². The van der Waals surface area contributed by atoms with Gasteiger partial charge in [-0.1, -0.05) is 6.58 Å². The van der Waals surface area contributed by atoms with Crippen LogP contribution in [0, 0.1) is 0 Å². The second kappa shape index (κ2) is 6.15. The van der Waals surface area contributed by atoms with Crippen LogP contribution in [0.5, 0.6) is 0 Å². The SMILES string of the molecule is C=C(CCC(=O)O)C(=O)NC1CC(C)(C)N([O])C(C)(C)C1. The molecular formula is C15H25N2O4. The fourth-order valence-electron chi connectivity index (χ4n) is 3.02. The van der Waals surface area contributed by atoms with Crippen molar-refractivity contribution < 1.29 is 19.9 Å². The largest absolute Gasteiger partial charge is 0.481 e. The number of nitrogens with zero attached hydrogens (tertiary/aromatic N) is 1. The third-order valence-corrected chi connectivity index (χ3v) is 3.89. The molecule has 1 saturated heterocycles. The Hall–Kier alpha value is -1.40. The van der Waals surface area contributed by atoms with Gasteiger partial charge in [0, 0.05) is 29.1 Å². The summed E-state index contributed by atoms with van der Waals surface area (Å²) in [6.07, 6.45) is 1.13. The van der Waals surface area contributed by atoms with Crippen molar-refractivity contribution in [2.75, 3.05) is 0 Å². The average Bonchev–Trinajstić information content (AvgIpc) is 2.32. The number of aliphatic carboxylic acids is 1. The van der Waals surface area contributed by atoms with Crippen molar-refractivity contribution in [1.29, 1.82) is 0 Å². The van der Waals surface area contributed by atoms with E-state index in [0.29, 0.717) is 12.8 Å². The van der Waals surface area contributed by atoms with Gasteiger partial charge in [-0.05, 0) is 47.0 Å². The Morgan fingerprint density at radius 2 is 1.67 bits per heavy atom. The molecule has 0 spiro atoms. The highest BCUT2D eigenvalue weighted by molar-refractivity contribution is 5.93. The first-order chi connectivity index (χ1) is 9.45. The van der Waals surface area contributed by atoms with Crippen molar-refractivity contribution in [1.82, 2.24) is 10.4 Å². The third kappa shape index (κ3) is 4.54. The predicted octanol–water partition coefficient (Wildman–Crippen LogP) is 1.89. The Labute approximate surface area is 125 Å². The monoisotopic (exact) mass is 297 g/mol. The molecule has 119 valence electrons. The van der Waals surface area contributed by atoms with Crippen molar-refractivity contribution in [3.63, 3.8) is 0 Å². The molecule has 0 atom stereocenters. The molecule has 0 bridgehead atoms. The first-order valence-corrected chi connectivity index (χ1v) is 7.13. The van der Waals surface area contributed by atoms with E-state index in [2.05, 4.69) is 11.9 Å². The Balaban J connectivity index is 2.64. The molecule has 1 fully saturated rings. The maximum atomic E-state index is 12.2. The summed E-state index contributed by atoms with van der Waals surface area (Å²) in [5.74, 6) is -1.28. The lowest BCUT2D eigenvalue weighted by atomic mass is 9.79. The number of hydrogen-bond donors (Lipinski definition) is 2. The number of amides is 1. The Bertz CT molecular complexity index is 425. The number of carbonyl (C=O) groups excluding carboxylic acids is 1. The summed E-state index contributed by atoms with van der Waals surface area (Å²) in [5.41, 5.74) is -0.845. The molecule has 1 aliphatic heterocycles. The molecule has 6 heteroatoms. The van der Waals surface area contributed by atoms with Gasteiger partial charge in [-0.15, -0.1) is 10.3 Å². The van der Waals surface area contributed by atoms with Gasteiger partial charge in [0.05, 0.1) is 0 Å². The minimum absolute atomic E-state index is 0.109. The van der Waals surface area contributed by atoms with E-state index in [4.69, 9.17) is 5.11 Å². The number of carboxylic acid groups (broad SMARTS) is 1. The van der Waals surface area contributed by atoms with Crippen LogP contribution < -0.4 is 5.32 Å². The van der Waals surface area contributed by atoms with E-state index >= 15 is 0 Å². The minimum Gasteiger partial charge on any atom is -0.481 e. The summed E-state index contributed by atoms with van der Waals surface area (Å²) in [6, 6.07) is -0.116. The molecule has 0 aromatic carbocycles. The van der Waals surface area contributed by atoms with Crippen LogP contribution >= 0.6 is 0 Å². The van der Waals surface area contributed by atoms with Crippen LogP contribution in [-0.2, 0) is 14.8 Å². The van der Waals surface area contributed by atoms with Gasteiger partial charge < -0.3 is 10.4 Å². The summed E-state index contributed by atoms with van der Waals surface area (Å²) < 4.78 is 0. The third-order valence-electron chi connectivity index (χ3n) is 3.89. The number of rotatable bonds is 5. The van der Waals surface area contributed by atoms with Crippen LogP contribution in [-0.4, -0.2) is 39.2 Å². The van der Waals surface area contributed by atoms with Crippen LogP contribution in [0.2, 0.25) is 0 Å². The molecule has 1 heterocycles. The lowest BCUT2D eigenvalue weighted by molar-refractivity contribution is -0.289. The maximum absolute atomic E-state index is 12.2. The zero-order valence-corrected chi connectivity index (χ0v) is 13.2. The second-order valence-electron chi connectivity index (χ2n) is 7.00. The molecule has 0 aliphatic carbocycles. The highest BCUT2D eigenvalue weighted by Gasteiger charge is 2.46. The number of hydrogen-bond acceptors (Lipinski definition) is 3. The average molecular weight is 297 g/mol. The highest BCUT2D eigenvalue weighted by atomic mass is 16.5. The number of nitrogens with one attached hydrogen (secondary N) is 1. The van der Waals surface area contributed by atoms with E-state index in [1.165, 1.54) is 0 Å². The van der Waals surface area contributed by atoms with Gasteiger partial charge in [-0.3, -0.25) is 9.59 Å². The Kier molecular flexibility index (Phi) is 5.17. The highest BCUT2D eigenvalue weighted by Crippen LogP contribution is 2.37. The molecule has 1 aliphatic rings. The molecule has 2 N–H and O–H groups in total. The van der Waals surface area contributed by atoms with Gasteiger partial charge in [-0.2, -0.15) is 0 Å². The van der Waals surface area contributed by atoms with Crippen molar-refractivity contribution in [2.45, 2.75) is 70.5 Å². The van der Waals surface area contributed by atoms with E-state index in [0.717, 1.165) is 5.06 Å². The Morgan fingerprint density at radius 1 is 1.19 bits per heavy atom. The lowest BCUT2D eigenvalue weighted by Crippen LogP contribution is -2.62. The van der Waals surface area contributed by atoms with Crippen molar-refractivity contribution in [3.8, 4) is 0 Å². The lowest BCUT2D eigenvalue weighted by Gasteiger charge is -2.50. The van der Waals surface area contributed by atoms with Gasteiger partial charge in [0.1, 0.15) is 0 Å². The van der Waals surface area contributed by atoms with E-state index in [1.807, 2.05) is 27.7 Å². The minimum atomic E-state index is -0.953. The molecule has 1 rings (SSSR count). The number of carboxylic acids is 1. The van der Waals surface area contributed by atoms with E-state index in [-0.39, 0.29) is 30.4 Å². The zero-order chi connectivity index (χ0) is 16.4. The first kappa shape index (κ1) is 17.7. The first-order valence-electron chi connectivity index (χ1n) is 7.13. The molecular weight excluding hydrogens is 272 g/mol. The van der Waals surface area contributed by atoms with Crippen molar-refractivity contribution in [2.24, 2.45) is 0 Å². The van der Waals surface area contributed by atoms with Crippen LogP contribution in [0.15, 0.2) is 12.2 Å². The van der Waals surface area contributed by atoms with E-state index in [9.17, 15) is 14.8 Å². The second-order valence-corrected chi connectivity index (χ2v) is 7.00. The maximum Gasteiger partial charge on any atom is 0.303 e. The van der Waals surface area contributed by atoms with E-state index in [1.54, 1.807) is 0 Å². The summed E-state index contributed by atoms with van der Waals surface area (Å²) in [4.78, 5) is 22.5. The topological polar surface area (TPSA) is 89.5 Å². The summed E-state index contributed by atoms with van der Waals surface area (Å²) in [5, 5.41) is 24.8. The summed E-state index contributed by atoms with van der Waals surface area (Å²) >= 11 is 0. The number of piperidine rings is 1. The molecule has 0 aromatic heterocycles. The van der Waals surface area contributed by atoms with Gasteiger partial charge in [0.15, 0.2) is 0 Å². The van der Waals surface area contributed by atoms with Gasteiger partial charge >= 0.3 is 5.97 Å². The fourth-order valence-corrected chi connectivity index (χ4v) is 3.02. The van der Waals surface area contributed by atoms with E-state index < -0.39 is 17.0 Å². The summed E-state index contributed by atoms with van der Waals surface area (Å²) in [6.45, 7) is 11.1. The molecule has 21 heavy (non-hydrogen) atoms. The normalized spacial score (nSPS) is 21.8. The fraction of sp³-hybridized carbons (Fsp3) is 0.733. The van der Waals surface area contributed by atoms with Crippen molar-refractivity contribution >= 4 is 11.9 Å². The number of carbonyl (C=O) groups is 2. The molecule has 1 radical (unpaired) electrons. The number of hydroxylamine groups is 2. The smallest absolute Gasteiger partial charge is 0.303 e. The molecule has 0 aromatic rings. The van der Waals surface area contributed by atoms with Crippen LogP contribution in [0.25, 0.3) is 0 Å². The molecule has 0 unspecified atom stereocenters. The van der Waals surface area contributed by atoms with Crippen molar-refractivity contribution in [3.05, 3.63) is 12.2 Å². The molecule has 1 amide bonds. The Morgan fingerprint density at radius 3 is 2.10 bits per heavy atom.